The molecule has 1 saturated carbocycles. The molecule has 108 valence electrons. The highest BCUT2D eigenvalue weighted by Crippen LogP contribution is 2.34. The Morgan fingerprint density at radius 2 is 2.00 bits per heavy atom. The first-order valence-electron chi connectivity index (χ1n) is 8.00. The molecule has 0 spiro atoms. The van der Waals surface area contributed by atoms with Crippen molar-refractivity contribution in [3.8, 4) is 6.07 Å². The molecule has 0 amide bonds. The summed E-state index contributed by atoms with van der Waals surface area (Å²) < 4.78 is 0. The molecule has 1 aliphatic heterocycles. The number of likely N-dealkylation sites (tertiary alicyclic amines) is 1. The molecule has 0 bridgehead atoms. The van der Waals surface area contributed by atoms with Crippen molar-refractivity contribution < 1.29 is 0 Å². The van der Waals surface area contributed by atoms with Crippen LogP contribution in [-0.4, -0.2) is 36.1 Å². The Bertz CT molecular complexity index is 325. The first-order valence-corrected chi connectivity index (χ1v) is 8.00. The molecule has 4 unspecified atom stereocenters. The minimum absolute atomic E-state index is 0.256. The molecule has 4 atom stereocenters. The number of nitrogens with zero attached hydrogens (tertiary/aromatic N) is 2. The summed E-state index contributed by atoms with van der Waals surface area (Å²) >= 11 is 0. The second kappa shape index (κ2) is 6.24. The third-order valence-electron chi connectivity index (χ3n) is 5.19. The lowest BCUT2D eigenvalue weighted by Crippen LogP contribution is -2.52. The second-order valence-corrected chi connectivity index (χ2v) is 6.78. The van der Waals surface area contributed by atoms with Gasteiger partial charge in [0, 0.05) is 19.1 Å². The number of nitriles is 1. The predicted molar refractivity (Wildman–Crippen MR) is 78.8 cm³/mol. The Balaban J connectivity index is 1.98. The van der Waals surface area contributed by atoms with Gasteiger partial charge in [-0.25, -0.2) is 0 Å². The van der Waals surface area contributed by atoms with Crippen LogP contribution in [0, 0.1) is 23.2 Å². The number of nitrogens with one attached hydrogen (secondary N) is 1. The summed E-state index contributed by atoms with van der Waals surface area (Å²) in [5.74, 6) is 1.61. The van der Waals surface area contributed by atoms with Gasteiger partial charge >= 0.3 is 0 Å². The van der Waals surface area contributed by atoms with Crippen LogP contribution in [0.15, 0.2) is 0 Å². The number of hydrogen-bond acceptors (Lipinski definition) is 3. The number of rotatable bonds is 4. The molecule has 2 rings (SSSR count). The fraction of sp³-hybridized carbons (Fsp3) is 0.938. The van der Waals surface area contributed by atoms with Crippen LogP contribution >= 0.6 is 0 Å². The van der Waals surface area contributed by atoms with E-state index in [-0.39, 0.29) is 5.54 Å². The molecule has 2 aliphatic rings. The molecule has 2 fully saturated rings. The summed E-state index contributed by atoms with van der Waals surface area (Å²) in [5, 5.41) is 13.1. The molecule has 3 heteroatoms. The van der Waals surface area contributed by atoms with Crippen LogP contribution < -0.4 is 5.32 Å². The summed E-state index contributed by atoms with van der Waals surface area (Å²) in [7, 11) is 0. The van der Waals surface area contributed by atoms with Crippen molar-refractivity contribution in [2.75, 3.05) is 19.6 Å². The molecule has 1 N–H and O–H groups in total. The van der Waals surface area contributed by atoms with E-state index in [1.54, 1.807) is 0 Å². The van der Waals surface area contributed by atoms with E-state index < -0.39 is 0 Å². The fourth-order valence-corrected chi connectivity index (χ4v) is 3.70. The standard InChI is InChI=1S/C16H29N3/c1-4-8-18-16(12-17)7-5-6-15(9-16)19-10-13(2)14(3)11-19/h13-15,18H,4-11H2,1-3H3. The number of hydrogen-bond donors (Lipinski definition) is 1. The lowest BCUT2D eigenvalue weighted by molar-refractivity contribution is 0.138. The highest BCUT2D eigenvalue weighted by Gasteiger charge is 2.40. The summed E-state index contributed by atoms with van der Waals surface area (Å²) in [4.78, 5) is 2.65. The van der Waals surface area contributed by atoms with Crippen LogP contribution in [0.1, 0.15) is 52.9 Å². The van der Waals surface area contributed by atoms with Crippen molar-refractivity contribution >= 4 is 0 Å². The van der Waals surface area contributed by atoms with Crippen LogP contribution in [-0.2, 0) is 0 Å². The van der Waals surface area contributed by atoms with E-state index in [2.05, 4.69) is 37.1 Å². The average molecular weight is 263 g/mol. The molecule has 0 aromatic heterocycles. The summed E-state index contributed by atoms with van der Waals surface area (Å²) in [5.41, 5.74) is -0.256. The van der Waals surface area contributed by atoms with Gasteiger partial charge in [-0.15, -0.1) is 0 Å². The quantitative estimate of drug-likeness (QED) is 0.847. The Morgan fingerprint density at radius 1 is 1.32 bits per heavy atom. The van der Waals surface area contributed by atoms with Crippen LogP contribution in [0.2, 0.25) is 0 Å². The fourth-order valence-electron chi connectivity index (χ4n) is 3.70. The second-order valence-electron chi connectivity index (χ2n) is 6.78. The Kier molecular flexibility index (Phi) is 4.86. The lowest BCUT2D eigenvalue weighted by Gasteiger charge is -2.40. The van der Waals surface area contributed by atoms with Crippen molar-refractivity contribution in [3.05, 3.63) is 0 Å². The van der Waals surface area contributed by atoms with E-state index in [1.165, 1.54) is 25.9 Å². The van der Waals surface area contributed by atoms with E-state index >= 15 is 0 Å². The maximum atomic E-state index is 9.60. The van der Waals surface area contributed by atoms with Crippen molar-refractivity contribution in [1.29, 1.82) is 5.26 Å². The molecule has 3 nitrogen and oxygen atoms in total. The molecule has 0 radical (unpaired) electrons. The van der Waals surface area contributed by atoms with Gasteiger partial charge in [-0.2, -0.15) is 5.26 Å². The summed E-state index contributed by atoms with van der Waals surface area (Å²) in [6.07, 6.45) is 5.61. The third kappa shape index (κ3) is 3.30. The van der Waals surface area contributed by atoms with Gasteiger partial charge in [0.2, 0.25) is 0 Å². The van der Waals surface area contributed by atoms with Crippen LogP contribution in [0.4, 0.5) is 0 Å². The summed E-state index contributed by atoms with van der Waals surface area (Å²) in [6, 6.07) is 3.21. The first kappa shape index (κ1) is 14.8. The predicted octanol–water partition coefficient (Wildman–Crippen LogP) is 2.78. The summed E-state index contributed by atoms with van der Waals surface area (Å²) in [6.45, 7) is 10.3. The Labute approximate surface area is 118 Å². The van der Waals surface area contributed by atoms with Crippen molar-refractivity contribution in [2.24, 2.45) is 11.8 Å². The Hall–Kier alpha value is -0.590. The molecule has 0 aromatic rings. The van der Waals surface area contributed by atoms with E-state index in [0.29, 0.717) is 6.04 Å². The molecule has 1 saturated heterocycles. The largest absolute Gasteiger partial charge is 0.300 e. The smallest absolute Gasteiger partial charge is 0.108 e. The normalized spacial score (nSPS) is 40.2. The minimum atomic E-state index is -0.256. The highest BCUT2D eigenvalue weighted by atomic mass is 15.2. The van der Waals surface area contributed by atoms with E-state index in [4.69, 9.17) is 0 Å². The van der Waals surface area contributed by atoms with Crippen LogP contribution in [0.25, 0.3) is 0 Å². The van der Waals surface area contributed by atoms with Gasteiger partial charge in [0.05, 0.1) is 6.07 Å². The zero-order chi connectivity index (χ0) is 13.9. The van der Waals surface area contributed by atoms with Gasteiger partial charge in [-0.05, 0) is 50.5 Å². The van der Waals surface area contributed by atoms with E-state index in [1.807, 2.05) is 0 Å². The SMILES string of the molecule is CCCNC1(C#N)CCCC(N2CC(C)C(C)C2)C1. The minimum Gasteiger partial charge on any atom is -0.300 e. The van der Waals surface area contributed by atoms with Gasteiger partial charge in [-0.1, -0.05) is 20.8 Å². The van der Waals surface area contributed by atoms with Gasteiger partial charge in [0.1, 0.15) is 5.54 Å². The Morgan fingerprint density at radius 3 is 2.58 bits per heavy atom. The lowest BCUT2D eigenvalue weighted by atomic mass is 9.79. The van der Waals surface area contributed by atoms with Gasteiger partial charge < -0.3 is 0 Å². The highest BCUT2D eigenvalue weighted by molar-refractivity contribution is 5.11. The average Bonchev–Trinajstić information content (AvgIpc) is 2.77. The first-order chi connectivity index (χ1) is 9.10. The molecule has 1 aliphatic carbocycles. The monoisotopic (exact) mass is 263 g/mol. The maximum absolute atomic E-state index is 9.60. The van der Waals surface area contributed by atoms with Gasteiger partial charge in [-0.3, -0.25) is 10.2 Å². The van der Waals surface area contributed by atoms with Crippen molar-refractivity contribution in [3.63, 3.8) is 0 Å². The molecular formula is C16H29N3. The van der Waals surface area contributed by atoms with Crippen LogP contribution in [0.3, 0.4) is 0 Å². The van der Waals surface area contributed by atoms with E-state index in [0.717, 1.165) is 37.6 Å². The van der Waals surface area contributed by atoms with Crippen molar-refractivity contribution in [1.82, 2.24) is 10.2 Å². The van der Waals surface area contributed by atoms with Gasteiger partial charge in [0.25, 0.3) is 0 Å². The topological polar surface area (TPSA) is 39.1 Å². The van der Waals surface area contributed by atoms with E-state index in [9.17, 15) is 5.26 Å². The molecular weight excluding hydrogens is 234 g/mol. The zero-order valence-corrected chi connectivity index (χ0v) is 12.8. The maximum Gasteiger partial charge on any atom is 0.108 e. The molecule has 1 heterocycles. The molecule has 19 heavy (non-hydrogen) atoms. The third-order valence-corrected chi connectivity index (χ3v) is 5.19. The van der Waals surface area contributed by atoms with Crippen molar-refractivity contribution in [2.45, 2.75) is 64.5 Å². The zero-order valence-electron chi connectivity index (χ0n) is 12.8. The van der Waals surface area contributed by atoms with Gasteiger partial charge in [0.15, 0.2) is 0 Å². The molecule has 0 aromatic carbocycles. The van der Waals surface area contributed by atoms with Crippen LogP contribution in [0.5, 0.6) is 0 Å².